The van der Waals surface area contributed by atoms with Gasteiger partial charge in [-0.05, 0) is 36.8 Å². The van der Waals surface area contributed by atoms with Gasteiger partial charge in [-0.25, -0.2) is 22.4 Å². The molecule has 1 saturated heterocycles. The molecule has 7 nitrogen and oxygen atoms in total. The summed E-state index contributed by atoms with van der Waals surface area (Å²) in [5.74, 6) is -2.87. The van der Waals surface area contributed by atoms with E-state index in [4.69, 9.17) is 5.73 Å². The van der Waals surface area contributed by atoms with Crippen molar-refractivity contribution in [2.24, 2.45) is 5.73 Å². The molecule has 4 aromatic rings. The molecule has 2 N–H and O–H groups in total. The maximum atomic E-state index is 14.6. The maximum Gasteiger partial charge on any atom is 0.331 e. The van der Waals surface area contributed by atoms with E-state index in [1.54, 1.807) is 36.1 Å². The first-order valence-electron chi connectivity index (χ1n) is 13.6. The Labute approximate surface area is 240 Å². The van der Waals surface area contributed by atoms with Crippen molar-refractivity contribution in [1.29, 1.82) is 0 Å². The van der Waals surface area contributed by atoms with Crippen LogP contribution in [0.1, 0.15) is 28.4 Å². The van der Waals surface area contributed by atoms with Gasteiger partial charge in [-0.15, -0.1) is 0 Å². The van der Waals surface area contributed by atoms with Crippen molar-refractivity contribution in [3.8, 4) is 0 Å². The van der Waals surface area contributed by atoms with Crippen molar-refractivity contribution in [2.75, 3.05) is 31.1 Å². The number of nitrogens with two attached hydrogens (primary N) is 1. The summed E-state index contributed by atoms with van der Waals surface area (Å²) in [6.07, 6.45) is 0. The van der Waals surface area contributed by atoms with E-state index in [1.165, 1.54) is 28.8 Å². The molecule has 220 valence electrons. The number of piperazine rings is 1. The number of anilines is 1. The van der Waals surface area contributed by atoms with Gasteiger partial charge in [0, 0.05) is 55.6 Å². The summed E-state index contributed by atoms with van der Waals surface area (Å²) >= 11 is 0. The van der Waals surface area contributed by atoms with Crippen LogP contribution in [0.2, 0.25) is 0 Å². The highest BCUT2D eigenvalue weighted by Gasteiger charge is 2.27. The molecule has 1 unspecified atom stereocenters. The van der Waals surface area contributed by atoms with Crippen LogP contribution in [-0.2, 0) is 19.6 Å². The maximum absolute atomic E-state index is 14.6. The molecule has 0 aliphatic carbocycles. The van der Waals surface area contributed by atoms with Gasteiger partial charge in [0.05, 0.1) is 13.1 Å². The Kier molecular flexibility index (Phi) is 8.60. The molecule has 1 fully saturated rings. The second-order valence-electron chi connectivity index (χ2n) is 10.4. The van der Waals surface area contributed by atoms with E-state index in [2.05, 4.69) is 0 Å². The molecule has 5 rings (SSSR count). The number of hydrogen-bond donors (Lipinski definition) is 1. The van der Waals surface area contributed by atoms with Crippen molar-refractivity contribution in [1.82, 2.24) is 14.0 Å². The van der Waals surface area contributed by atoms with Crippen LogP contribution in [0.3, 0.4) is 0 Å². The molecule has 0 bridgehead atoms. The highest BCUT2D eigenvalue weighted by atomic mass is 19.1. The van der Waals surface area contributed by atoms with Crippen molar-refractivity contribution < 1.29 is 17.6 Å². The molecule has 0 radical (unpaired) electrons. The first-order chi connectivity index (χ1) is 20.2. The van der Waals surface area contributed by atoms with Gasteiger partial charge >= 0.3 is 5.69 Å². The predicted molar refractivity (Wildman–Crippen MR) is 152 cm³/mol. The molecule has 1 atom stereocenters. The molecular weight excluding hydrogens is 550 g/mol. The van der Waals surface area contributed by atoms with Crippen molar-refractivity contribution >= 4 is 5.69 Å². The Morgan fingerprint density at radius 3 is 1.79 bits per heavy atom. The molecule has 1 aliphatic rings. The largest absolute Gasteiger partial charge is 0.363 e. The fourth-order valence-electron chi connectivity index (χ4n) is 5.38. The first-order valence-corrected chi connectivity index (χ1v) is 13.6. The van der Waals surface area contributed by atoms with Crippen LogP contribution in [0.4, 0.5) is 23.2 Å². The Morgan fingerprint density at radius 2 is 1.24 bits per heavy atom. The second kappa shape index (κ2) is 12.3. The quantitative estimate of drug-likeness (QED) is 0.319. The number of halogens is 4. The van der Waals surface area contributed by atoms with Gasteiger partial charge in [-0.2, -0.15) is 0 Å². The fraction of sp³-hybridized carbons (Fsp3) is 0.290. The minimum atomic E-state index is -0.810. The summed E-state index contributed by atoms with van der Waals surface area (Å²) in [5, 5.41) is 0. The minimum absolute atomic E-state index is 0.0279. The van der Waals surface area contributed by atoms with Crippen molar-refractivity contribution in [2.45, 2.75) is 32.6 Å². The van der Waals surface area contributed by atoms with Crippen LogP contribution < -0.4 is 21.9 Å². The van der Waals surface area contributed by atoms with Gasteiger partial charge in [-0.1, -0.05) is 42.5 Å². The summed E-state index contributed by atoms with van der Waals surface area (Å²) in [6.45, 7) is 2.47. The van der Waals surface area contributed by atoms with Gasteiger partial charge < -0.3 is 10.6 Å². The Morgan fingerprint density at radius 1 is 0.714 bits per heavy atom. The third-order valence-electron chi connectivity index (χ3n) is 7.77. The van der Waals surface area contributed by atoms with Crippen LogP contribution >= 0.6 is 0 Å². The third-order valence-corrected chi connectivity index (χ3v) is 7.77. The van der Waals surface area contributed by atoms with E-state index in [0.717, 1.165) is 16.7 Å². The van der Waals surface area contributed by atoms with Crippen LogP contribution in [0.5, 0.6) is 0 Å². The topological polar surface area (TPSA) is 76.5 Å². The van der Waals surface area contributed by atoms with Crippen LogP contribution in [-0.4, -0.2) is 40.2 Å². The monoisotopic (exact) mass is 581 g/mol. The minimum Gasteiger partial charge on any atom is -0.363 e. The van der Waals surface area contributed by atoms with Gasteiger partial charge in [-0.3, -0.25) is 18.8 Å². The van der Waals surface area contributed by atoms with Gasteiger partial charge in [0.2, 0.25) is 0 Å². The van der Waals surface area contributed by atoms with Crippen LogP contribution in [0.25, 0.3) is 0 Å². The summed E-state index contributed by atoms with van der Waals surface area (Å²) in [7, 11) is 0. The summed E-state index contributed by atoms with van der Waals surface area (Å²) < 4.78 is 59.9. The molecule has 11 heteroatoms. The zero-order chi connectivity index (χ0) is 30.0. The number of benzene rings is 3. The lowest BCUT2D eigenvalue weighted by Crippen LogP contribution is -2.51. The molecule has 42 heavy (non-hydrogen) atoms. The number of rotatable bonds is 8. The van der Waals surface area contributed by atoms with Crippen molar-refractivity contribution in [3.05, 3.63) is 133 Å². The van der Waals surface area contributed by atoms with Crippen LogP contribution in [0, 0.1) is 30.2 Å². The van der Waals surface area contributed by atoms with E-state index in [0.29, 0.717) is 31.7 Å². The fourth-order valence-corrected chi connectivity index (χ4v) is 5.38. The number of hydrogen-bond acceptors (Lipinski definition) is 5. The molecule has 0 amide bonds. The Hall–Kier alpha value is -4.22. The summed E-state index contributed by atoms with van der Waals surface area (Å²) in [5.41, 5.74) is 5.94. The van der Waals surface area contributed by atoms with Gasteiger partial charge in [0.25, 0.3) is 5.56 Å². The standard InChI is InChI=1S/C31H31F4N5O2/c1-20-29(38-15-13-37(14-16-38)17-22-24(32)9-5-10-25(22)33)30(41)40(19-28(36)21-7-3-2-4-8-21)31(42)39(20)18-23-26(34)11-6-12-27(23)35/h2-12,28H,13-19,36H2,1H3. The van der Waals surface area contributed by atoms with Gasteiger partial charge in [0.15, 0.2) is 0 Å². The smallest absolute Gasteiger partial charge is 0.331 e. The van der Waals surface area contributed by atoms with E-state index in [-0.39, 0.29) is 35.6 Å². The Balaban J connectivity index is 1.50. The molecule has 0 saturated carbocycles. The molecule has 2 heterocycles. The lowest BCUT2D eigenvalue weighted by atomic mass is 10.1. The summed E-state index contributed by atoms with van der Waals surface area (Å²) in [4.78, 5) is 31.2. The normalized spacial score (nSPS) is 14.8. The average Bonchev–Trinajstić information content (AvgIpc) is 2.98. The SMILES string of the molecule is Cc1c(N2CCN(Cc3c(F)cccc3F)CC2)c(=O)n(CC(N)c2ccccc2)c(=O)n1Cc1c(F)cccc1F. The molecule has 3 aromatic carbocycles. The first kappa shape index (κ1) is 29.3. The van der Waals surface area contributed by atoms with E-state index in [1.807, 2.05) is 11.0 Å². The highest BCUT2D eigenvalue weighted by Crippen LogP contribution is 2.22. The lowest BCUT2D eigenvalue weighted by Gasteiger charge is -2.37. The van der Waals surface area contributed by atoms with Crippen molar-refractivity contribution in [3.63, 3.8) is 0 Å². The Bertz CT molecular complexity index is 1660. The zero-order valence-corrected chi connectivity index (χ0v) is 23.1. The van der Waals surface area contributed by atoms with Crippen LogP contribution in [0.15, 0.2) is 76.3 Å². The lowest BCUT2D eigenvalue weighted by molar-refractivity contribution is 0.242. The number of nitrogens with zero attached hydrogens (tertiary/aromatic N) is 4. The molecular formula is C31H31F4N5O2. The molecule has 0 spiro atoms. The molecule has 1 aliphatic heterocycles. The predicted octanol–water partition coefficient (Wildman–Crippen LogP) is 3.95. The third kappa shape index (κ3) is 5.88. The van der Waals surface area contributed by atoms with E-state index < -0.39 is 47.1 Å². The molecule has 1 aromatic heterocycles. The zero-order valence-electron chi connectivity index (χ0n) is 23.1. The van der Waals surface area contributed by atoms with E-state index in [9.17, 15) is 27.2 Å². The van der Waals surface area contributed by atoms with Gasteiger partial charge in [0.1, 0.15) is 29.0 Å². The second-order valence-corrected chi connectivity index (χ2v) is 10.4. The van der Waals surface area contributed by atoms with E-state index >= 15 is 0 Å². The average molecular weight is 582 g/mol. The number of aromatic nitrogens is 2. The highest BCUT2D eigenvalue weighted by molar-refractivity contribution is 5.50. The summed E-state index contributed by atoms with van der Waals surface area (Å²) in [6, 6.07) is 15.5.